The van der Waals surface area contributed by atoms with Crippen molar-refractivity contribution in [3.8, 4) is 0 Å². The van der Waals surface area contributed by atoms with Gasteiger partial charge < -0.3 is 0 Å². The van der Waals surface area contributed by atoms with Gasteiger partial charge in [-0.1, -0.05) is 6.92 Å². The number of thiophene rings is 1. The Bertz CT molecular complexity index is 777. The van der Waals surface area contributed by atoms with Crippen LogP contribution in [0.15, 0.2) is 41.7 Å². The van der Waals surface area contributed by atoms with Gasteiger partial charge in [-0.05, 0) is 36.6 Å². The highest BCUT2D eigenvalue weighted by molar-refractivity contribution is 7.18. The lowest BCUT2D eigenvalue weighted by atomic mass is 10.2. The van der Waals surface area contributed by atoms with Gasteiger partial charge in [0.05, 0.1) is 11.7 Å². The van der Waals surface area contributed by atoms with Gasteiger partial charge in [0.25, 0.3) is 5.56 Å². The summed E-state index contributed by atoms with van der Waals surface area (Å²) < 4.78 is 1.69. The van der Waals surface area contributed by atoms with E-state index in [-0.39, 0.29) is 5.56 Å². The zero-order chi connectivity index (χ0) is 13.9. The van der Waals surface area contributed by atoms with E-state index in [9.17, 15) is 4.79 Å². The normalized spacial score (nSPS) is 11.1. The van der Waals surface area contributed by atoms with Crippen LogP contribution in [0.25, 0.3) is 10.2 Å². The van der Waals surface area contributed by atoms with E-state index in [1.165, 1.54) is 10.4 Å². The van der Waals surface area contributed by atoms with Crippen LogP contribution in [0.3, 0.4) is 0 Å². The Morgan fingerprint density at radius 1 is 1.30 bits per heavy atom. The predicted octanol–water partition coefficient (Wildman–Crippen LogP) is 2.66. The van der Waals surface area contributed by atoms with E-state index in [1.807, 2.05) is 18.2 Å². The molecular weight excluding hydrogens is 270 g/mol. The van der Waals surface area contributed by atoms with Crippen LogP contribution < -0.4 is 5.56 Å². The van der Waals surface area contributed by atoms with E-state index in [1.54, 1.807) is 34.6 Å². The summed E-state index contributed by atoms with van der Waals surface area (Å²) in [5, 5.41) is 0.740. The molecule has 0 radical (unpaired) electrons. The fourth-order valence-electron chi connectivity index (χ4n) is 2.14. The molecule has 0 saturated heterocycles. The van der Waals surface area contributed by atoms with Crippen molar-refractivity contribution in [2.45, 2.75) is 26.3 Å². The lowest BCUT2D eigenvalue weighted by Gasteiger charge is -2.04. The molecule has 0 spiro atoms. The second-order valence-electron chi connectivity index (χ2n) is 4.63. The maximum Gasteiger partial charge on any atom is 0.262 e. The van der Waals surface area contributed by atoms with Crippen molar-refractivity contribution in [1.29, 1.82) is 0 Å². The van der Waals surface area contributed by atoms with Crippen LogP contribution in [0.4, 0.5) is 0 Å². The van der Waals surface area contributed by atoms with Crippen molar-refractivity contribution in [2.75, 3.05) is 0 Å². The summed E-state index contributed by atoms with van der Waals surface area (Å²) in [5.74, 6) is 0. The van der Waals surface area contributed by atoms with Gasteiger partial charge in [0.1, 0.15) is 4.83 Å². The van der Waals surface area contributed by atoms with Crippen LogP contribution in [-0.4, -0.2) is 14.5 Å². The van der Waals surface area contributed by atoms with Crippen LogP contribution in [0.1, 0.15) is 17.4 Å². The standard InChI is InChI=1S/C15H15N3OS/c1-2-12-9-13-14(20-12)17-10-18(15(13)19)8-5-11-3-6-16-7-4-11/h3-4,6-7,9-10H,2,5,8H2,1H3. The number of aryl methyl sites for hydroxylation is 3. The van der Waals surface area contributed by atoms with Crippen molar-refractivity contribution >= 4 is 21.6 Å². The smallest absolute Gasteiger partial charge is 0.262 e. The van der Waals surface area contributed by atoms with Crippen molar-refractivity contribution in [3.05, 3.63) is 57.7 Å². The van der Waals surface area contributed by atoms with Crippen LogP contribution in [0, 0.1) is 0 Å². The first-order chi connectivity index (χ1) is 9.78. The monoisotopic (exact) mass is 285 g/mol. The fraction of sp³-hybridized carbons (Fsp3) is 0.267. The Morgan fingerprint density at radius 3 is 2.85 bits per heavy atom. The molecule has 0 unspecified atom stereocenters. The molecule has 0 fully saturated rings. The first-order valence-corrected chi connectivity index (χ1v) is 7.46. The van der Waals surface area contributed by atoms with Crippen LogP contribution >= 0.6 is 11.3 Å². The number of fused-ring (bicyclic) bond motifs is 1. The third-order valence-electron chi connectivity index (χ3n) is 3.31. The van der Waals surface area contributed by atoms with Crippen molar-refractivity contribution < 1.29 is 0 Å². The summed E-state index contributed by atoms with van der Waals surface area (Å²) in [7, 11) is 0. The average Bonchev–Trinajstić information content (AvgIpc) is 2.92. The summed E-state index contributed by atoms with van der Waals surface area (Å²) >= 11 is 1.60. The Kier molecular flexibility index (Phi) is 3.60. The van der Waals surface area contributed by atoms with Gasteiger partial charge in [-0.3, -0.25) is 14.3 Å². The quantitative estimate of drug-likeness (QED) is 0.740. The third kappa shape index (κ3) is 2.49. The lowest BCUT2D eigenvalue weighted by molar-refractivity contribution is 0.663. The number of nitrogens with zero attached hydrogens (tertiary/aromatic N) is 3. The minimum Gasteiger partial charge on any atom is -0.298 e. The molecule has 3 heterocycles. The summed E-state index contributed by atoms with van der Waals surface area (Å²) in [6.45, 7) is 2.73. The largest absolute Gasteiger partial charge is 0.298 e. The minimum absolute atomic E-state index is 0.0556. The topological polar surface area (TPSA) is 47.8 Å². The summed E-state index contributed by atoms with van der Waals surface area (Å²) in [6.07, 6.45) is 6.94. The molecule has 0 saturated carbocycles. The van der Waals surface area contributed by atoms with Gasteiger partial charge in [-0.25, -0.2) is 4.98 Å². The molecule has 3 aromatic rings. The molecule has 0 atom stereocenters. The summed E-state index contributed by atoms with van der Waals surface area (Å²) in [5.41, 5.74) is 1.23. The Labute approximate surface area is 120 Å². The zero-order valence-electron chi connectivity index (χ0n) is 11.2. The molecule has 20 heavy (non-hydrogen) atoms. The second kappa shape index (κ2) is 5.54. The predicted molar refractivity (Wildman–Crippen MR) is 81.2 cm³/mol. The molecule has 0 aliphatic rings. The van der Waals surface area contributed by atoms with E-state index in [2.05, 4.69) is 16.9 Å². The third-order valence-corrected chi connectivity index (χ3v) is 4.50. The lowest BCUT2D eigenvalue weighted by Crippen LogP contribution is -2.20. The van der Waals surface area contributed by atoms with Crippen molar-refractivity contribution in [3.63, 3.8) is 0 Å². The van der Waals surface area contributed by atoms with Crippen molar-refractivity contribution in [1.82, 2.24) is 14.5 Å². The number of hydrogen-bond acceptors (Lipinski definition) is 4. The molecule has 0 bridgehead atoms. The van der Waals surface area contributed by atoms with Gasteiger partial charge in [0, 0.05) is 23.8 Å². The van der Waals surface area contributed by atoms with E-state index >= 15 is 0 Å². The Morgan fingerprint density at radius 2 is 2.10 bits per heavy atom. The average molecular weight is 285 g/mol. The van der Waals surface area contributed by atoms with Gasteiger partial charge >= 0.3 is 0 Å². The molecule has 5 heteroatoms. The molecule has 4 nitrogen and oxygen atoms in total. The van der Waals surface area contributed by atoms with Crippen molar-refractivity contribution in [2.24, 2.45) is 0 Å². The number of hydrogen-bond donors (Lipinski definition) is 0. The van der Waals surface area contributed by atoms with Crippen LogP contribution in [0.5, 0.6) is 0 Å². The molecule has 3 aromatic heterocycles. The number of aromatic nitrogens is 3. The first kappa shape index (κ1) is 13.0. The zero-order valence-corrected chi connectivity index (χ0v) is 12.1. The van der Waals surface area contributed by atoms with Crippen LogP contribution in [0.2, 0.25) is 0 Å². The fourth-order valence-corrected chi connectivity index (χ4v) is 3.07. The second-order valence-corrected chi connectivity index (χ2v) is 5.75. The first-order valence-electron chi connectivity index (χ1n) is 6.64. The van der Waals surface area contributed by atoms with E-state index in [4.69, 9.17) is 0 Å². The van der Waals surface area contributed by atoms with Gasteiger partial charge in [0.15, 0.2) is 0 Å². The van der Waals surface area contributed by atoms with Gasteiger partial charge in [0.2, 0.25) is 0 Å². The molecule has 0 aliphatic carbocycles. The molecule has 102 valence electrons. The molecular formula is C15H15N3OS. The summed E-state index contributed by atoms with van der Waals surface area (Å²) in [4.78, 5) is 22.8. The highest BCUT2D eigenvalue weighted by Gasteiger charge is 2.08. The molecule has 0 N–H and O–H groups in total. The SMILES string of the molecule is CCc1cc2c(=O)n(CCc3ccncc3)cnc2s1. The van der Waals surface area contributed by atoms with E-state index < -0.39 is 0 Å². The van der Waals surface area contributed by atoms with Gasteiger partial charge in [-0.15, -0.1) is 11.3 Å². The molecule has 3 rings (SSSR count). The Hall–Kier alpha value is -2.01. The highest BCUT2D eigenvalue weighted by atomic mass is 32.1. The Balaban J connectivity index is 1.88. The number of pyridine rings is 1. The maximum absolute atomic E-state index is 12.4. The van der Waals surface area contributed by atoms with E-state index in [0.29, 0.717) is 6.54 Å². The van der Waals surface area contributed by atoms with E-state index in [0.717, 1.165) is 23.1 Å². The molecule has 0 aliphatic heterocycles. The van der Waals surface area contributed by atoms with Gasteiger partial charge in [-0.2, -0.15) is 0 Å². The summed E-state index contributed by atoms with van der Waals surface area (Å²) in [6, 6.07) is 5.91. The minimum atomic E-state index is 0.0556. The molecule has 0 aromatic carbocycles. The molecule has 0 amide bonds. The van der Waals surface area contributed by atoms with Crippen LogP contribution in [-0.2, 0) is 19.4 Å². The number of rotatable bonds is 4. The maximum atomic E-state index is 12.4. The highest BCUT2D eigenvalue weighted by Crippen LogP contribution is 2.20.